The van der Waals surface area contributed by atoms with Crippen LogP contribution in [-0.2, 0) is 0 Å². The molecule has 8 nitrogen and oxygen atoms in total. The van der Waals surface area contributed by atoms with Gasteiger partial charge < -0.3 is 20.4 Å². The van der Waals surface area contributed by atoms with Crippen LogP contribution in [0.5, 0.6) is 0 Å². The van der Waals surface area contributed by atoms with Crippen molar-refractivity contribution in [3.63, 3.8) is 0 Å². The smallest absolute Gasteiger partial charge is 0.336 e. The zero-order valence-corrected chi connectivity index (χ0v) is 40.9. The number of carbonyl (C=O) groups is 4. The Morgan fingerprint density at radius 1 is 0.314 bits per heavy atom. The lowest BCUT2D eigenvalue weighted by Gasteiger charge is -2.18. The van der Waals surface area contributed by atoms with Gasteiger partial charge >= 0.3 is 23.9 Å². The summed E-state index contributed by atoms with van der Waals surface area (Å²) in [6, 6.07) is 37.7. The summed E-state index contributed by atoms with van der Waals surface area (Å²) in [5.74, 6) is 21.3. The van der Waals surface area contributed by atoms with Gasteiger partial charge in [0.15, 0.2) is 0 Å². The Balaban J connectivity index is 1.25. The highest BCUT2D eigenvalue weighted by molar-refractivity contribution is 7.13. The summed E-state index contributed by atoms with van der Waals surface area (Å²) in [5.41, 5.74) is 9.07. The Kier molecular flexibility index (Phi) is 14.3. The second kappa shape index (κ2) is 20.8. The molecule has 0 aliphatic carbocycles. The quantitative estimate of drug-likeness (QED) is 0.0868. The van der Waals surface area contributed by atoms with E-state index in [2.05, 4.69) is 47.4 Å². The number of carboxylic acid groups (broad SMARTS) is 4. The molecule has 0 aliphatic rings. The molecule has 4 heterocycles. The maximum atomic E-state index is 11.7. The molecule has 0 saturated carbocycles. The summed E-state index contributed by atoms with van der Waals surface area (Å²) in [5, 5.41) is 38.2. The Labute approximate surface area is 419 Å². The summed E-state index contributed by atoms with van der Waals surface area (Å²) in [4.78, 5) is 52.0. The monoisotopic (exact) mass is 988 g/mol. The molecule has 0 radical (unpaired) electrons. The predicted molar refractivity (Wildman–Crippen MR) is 279 cm³/mol. The molecule has 0 spiro atoms. The lowest BCUT2D eigenvalue weighted by Crippen LogP contribution is -1.98. The Bertz CT molecular complexity index is 3210. The van der Waals surface area contributed by atoms with Crippen LogP contribution in [0, 0.1) is 75.1 Å². The van der Waals surface area contributed by atoms with Crippen LogP contribution in [0.15, 0.2) is 121 Å². The van der Waals surface area contributed by atoms with E-state index in [1.165, 1.54) is 45.3 Å². The first-order valence-electron chi connectivity index (χ1n) is 21.2. The summed E-state index contributed by atoms with van der Waals surface area (Å²) in [6.45, 7) is 7.04. The van der Waals surface area contributed by atoms with Crippen molar-refractivity contribution in [2.75, 3.05) is 0 Å². The summed E-state index contributed by atoms with van der Waals surface area (Å²) >= 11 is 5.32. The molecule has 0 unspecified atom stereocenters. The number of aryl methyl sites for hydroxylation is 4. The average molecular weight is 989 g/mol. The van der Waals surface area contributed by atoms with E-state index < -0.39 is 23.9 Å². The minimum atomic E-state index is -0.993. The molecule has 0 aliphatic heterocycles. The normalized spacial score (nSPS) is 10.3. The fourth-order valence-corrected chi connectivity index (χ4v) is 10.8. The molecule has 340 valence electrons. The van der Waals surface area contributed by atoms with Gasteiger partial charge in [-0.25, -0.2) is 19.2 Å². The first-order valence-corrected chi connectivity index (χ1v) is 24.5. The fraction of sp³-hybridized carbons (Fsp3) is 0.0690. The number of rotatable bonds is 8. The van der Waals surface area contributed by atoms with Gasteiger partial charge in [-0.2, -0.15) is 0 Å². The van der Waals surface area contributed by atoms with Crippen molar-refractivity contribution >= 4 is 80.4 Å². The molecule has 4 aromatic heterocycles. The number of hydrogen-bond donors (Lipinski definition) is 4. The van der Waals surface area contributed by atoms with E-state index in [1.807, 2.05) is 97.1 Å². The van der Waals surface area contributed by atoms with E-state index in [-0.39, 0.29) is 22.3 Å². The second-order valence-electron chi connectivity index (χ2n) is 15.6. The molecule has 4 N–H and O–H groups in total. The van der Waals surface area contributed by atoms with Crippen LogP contribution < -0.4 is 0 Å². The zero-order valence-electron chi connectivity index (χ0n) is 37.6. The van der Waals surface area contributed by atoms with Gasteiger partial charge in [-0.15, -0.1) is 45.3 Å². The summed E-state index contributed by atoms with van der Waals surface area (Å²) in [6.07, 6.45) is 0. The third kappa shape index (κ3) is 11.1. The van der Waals surface area contributed by atoms with Gasteiger partial charge in [0, 0.05) is 41.8 Å². The molecule has 8 aromatic rings. The fourth-order valence-electron chi connectivity index (χ4n) is 7.35. The molecule has 0 amide bonds. The van der Waals surface area contributed by atoms with Crippen molar-refractivity contribution in [2.45, 2.75) is 27.7 Å². The topological polar surface area (TPSA) is 149 Å². The Morgan fingerprint density at radius 3 is 0.657 bits per heavy atom. The molecule has 8 rings (SSSR count). The van der Waals surface area contributed by atoms with Gasteiger partial charge in [0.2, 0.25) is 0 Å². The highest BCUT2D eigenvalue weighted by Crippen LogP contribution is 2.38. The van der Waals surface area contributed by atoms with E-state index in [9.17, 15) is 39.6 Å². The van der Waals surface area contributed by atoms with Crippen LogP contribution in [0.1, 0.15) is 125 Å². The van der Waals surface area contributed by atoms with Crippen LogP contribution >= 0.6 is 45.3 Å². The van der Waals surface area contributed by atoms with E-state index in [4.69, 9.17) is 0 Å². The number of benzene rings is 4. The van der Waals surface area contributed by atoms with Gasteiger partial charge in [0.25, 0.3) is 0 Å². The van der Waals surface area contributed by atoms with Gasteiger partial charge in [-0.1, -0.05) is 95.9 Å². The van der Waals surface area contributed by atoms with Crippen molar-refractivity contribution in [1.82, 2.24) is 0 Å². The van der Waals surface area contributed by atoms with Crippen molar-refractivity contribution in [2.24, 2.45) is 0 Å². The second-order valence-corrected chi connectivity index (χ2v) is 20.6. The van der Waals surface area contributed by atoms with Gasteiger partial charge in [0.05, 0.1) is 41.8 Å². The van der Waals surface area contributed by atoms with Crippen molar-refractivity contribution in [3.8, 4) is 47.4 Å². The van der Waals surface area contributed by atoms with Crippen molar-refractivity contribution in [1.29, 1.82) is 0 Å². The molecule has 0 saturated heterocycles. The maximum absolute atomic E-state index is 11.7. The highest BCUT2D eigenvalue weighted by atomic mass is 32.1. The minimum absolute atomic E-state index is 0.233. The van der Waals surface area contributed by atoms with Crippen LogP contribution in [0.3, 0.4) is 0 Å². The van der Waals surface area contributed by atoms with E-state index in [1.54, 1.807) is 52.0 Å². The first kappa shape index (κ1) is 48.0. The van der Waals surface area contributed by atoms with E-state index in [0.717, 1.165) is 55.7 Å². The summed E-state index contributed by atoms with van der Waals surface area (Å²) < 4.78 is 0. The molecular formula is C58H36O8S4. The largest absolute Gasteiger partial charge is 0.478 e. The minimum Gasteiger partial charge on any atom is -0.478 e. The predicted octanol–water partition coefficient (Wildman–Crippen LogP) is 12.6. The highest BCUT2D eigenvalue weighted by Gasteiger charge is 2.18. The summed E-state index contributed by atoms with van der Waals surface area (Å²) in [7, 11) is 0. The maximum Gasteiger partial charge on any atom is 0.336 e. The van der Waals surface area contributed by atoms with Crippen LogP contribution in [0.4, 0.5) is 0 Å². The standard InChI is InChI=1S/C58H36O8S4/c1-33-49(55(59)60)29-45(67-33)25-13-37-5-17-41(18-6-37)53(42-19-7-38(8-20-42)14-26-46-30-50(56(61)62)34(2)68-46)54(43-21-9-39(10-22-43)15-27-47-31-51(57(63)64)35(3)69-47)44-23-11-40(12-24-44)16-28-48-32-52(58(65)66)36(4)70-48/h5-12,17-24,29-32H,1-4H3,(H,59,60)(H,61,62)(H,63,64)(H,65,66). The molecular weight excluding hydrogens is 953 g/mol. The Morgan fingerprint density at radius 2 is 0.500 bits per heavy atom. The number of hydrogen-bond acceptors (Lipinski definition) is 8. The average Bonchev–Trinajstić information content (AvgIpc) is 4.13. The van der Waals surface area contributed by atoms with E-state index >= 15 is 0 Å². The molecule has 0 bridgehead atoms. The van der Waals surface area contributed by atoms with Crippen molar-refractivity contribution in [3.05, 3.63) is 227 Å². The number of carboxylic acids is 4. The van der Waals surface area contributed by atoms with E-state index in [0.29, 0.717) is 39.0 Å². The third-order valence-corrected chi connectivity index (χ3v) is 14.7. The SMILES string of the molecule is Cc1sc(C#Cc2ccc(C(=C(c3ccc(C#Cc4cc(C(=O)O)c(C)s4)cc3)c3ccc(C#Cc4cc(C(=O)O)c(C)s4)cc3)c3ccc(C#Cc4cc(C(=O)O)c(C)s4)cc3)cc2)cc1C(=O)O. The molecule has 0 fully saturated rings. The third-order valence-electron chi connectivity index (χ3n) is 10.9. The van der Waals surface area contributed by atoms with Crippen LogP contribution in [0.25, 0.3) is 11.1 Å². The Hall–Kier alpha value is -8.46. The van der Waals surface area contributed by atoms with Gasteiger partial charge in [-0.05, 0) is 134 Å². The molecule has 4 aromatic carbocycles. The molecule has 70 heavy (non-hydrogen) atoms. The van der Waals surface area contributed by atoms with Gasteiger partial charge in [0.1, 0.15) is 0 Å². The zero-order chi connectivity index (χ0) is 49.6. The lowest BCUT2D eigenvalue weighted by atomic mass is 9.85. The molecule has 12 heteroatoms. The lowest BCUT2D eigenvalue weighted by molar-refractivity contribution is 0.0686. The number of aromatic carboxylic acids is 4. The van der Waals surface area contributed by atoms with Crippen LogP contribution in [-0.4, -0.2) is 44.3 Å². The first-order chi connectivity index (χ1) is 33.6. The van der Waals surface area contributed by atoms with Crippen molar-refractivity contribution < 1.29 is 39.6 Å². The molecule has 0 atom stereocenters. The van der Waals surface area contributed by atoms with Gasteiger partial charge in [-0.3, -0.25) is 0 Å². The van der Waals surface area contributed by atoms with Crippen LogP contribution in [0.2, 0.25) is 0 Å². The number of thiophene rings is 4.